The summed E-state index contributed by atoms with van der Waals surface area (Å²) in [5.41, 5.74) is 3.58. The van der Waals surface area contributed by atoms with E-state index < -0.39 is 0 Å². The van der Waals surface area contributed by atoms with Crippen molar-refractivity contribution in [1.82, 2.24) is 14.9 Å². The summed E-state index contributed by atoms with van der Waals surface area (Å²) < 4.78 is 2.22. The van der Waals surface area contributed by atoms with Crippen LogP contribution in [0.1, 0.15) is 11.1 Å². The van der Waals surface area contributed by atoms with Crippen molar-refractivity contribution in [3.63, 3.8) is 0 Å². The maximum absolute atomic E-state index is 8.84. The molecule has 4 nitrogen and oxygen atoms in total. The van der Waals surface area contributed by atoms with Crippen molar-refractivity contribution in [1.29, 1.82) is 0 Å². The molecule has 0 amide bonds. The summed E-state index contributed by atoms with van der Waals surface area (Å²) in [6, 6.07) is 12.5. The number of benzene rings is 1. The van der Waals surface area contributed by atoms with Gasteiger partial charge in [0.05, 0.1) is 18.3 Å². The third-order valence-electron chi connectivity index (χ3n) is 3.58. The van der Waals surface area contributed by atoms with Crippen LogP contribution in [0.5, 0.6) is 0 Å². The van der Waals surface area contributed by atoms with E-state index in [1.54, 1.807) is 0 Å². The summed E-state index contributed by atoms with van der Waals surface area (Å²) in [5, 5.41) is 13.3. The third kappa shape index (κ3) is 3.12. The molecule has 0 bridgehead atoms. The number of fused-ring (bicyclic) bond motifs is 1. The third-order valence-corrected chi connectivity index (χ3v) is 3.58. The van der Waals surface area contributed by atoms with Gasteiger partial charge in [-0.3, -0.25) is 4.98 Å². The Labute approximate surface area is 124 Å². The Morgan fingerprint density at radius 2 is 1.95 bits per heavy atom. The first-order chi connectivity index (χ1) is 10.4. The molecule has 0 aliphatic heterocycles. The highest BCUT2D eigenvalue weighted by Gasteiger charge is 2.06. The van der Waals surface area contributed by atoms with Gasteiger partial charge < -0.3 is 15.0 Å². The van der Waals surface area contributed by atoms with Gasteiger partial charge in [0.15, 0.2) is 0 Å². The Balaban J connectivity index is 1.86. The van der Waals surface area contributed by atoms with Gasteiger partial charge >= 0.3 is 0 Å². The molecule has 3 aromatic rings. The van der Waals surface area contributed by atoms with E-state index in [1.165, 1.54) is 10.9 Å². The molecule has 0 atom stereocenters. The zero-order valence-corrected chi connectivity index (χ0v) is 11.9. The van der Waals surface area contributed by atoms with Gasteiger partial charge in [-0.25, -0.2) is 0 Å². The largest absolute Gasteiger partial charge is 0.395 e. The summed E-state index contributed by atoms with van der Waals surface area (Å²) in [7, 11) is 0. The fourth-order valence-corrected chi connectivity index (χ4v) is 2.53. The molecule has 0 saturated heterocycles. The molecule has 0 fully saturated rings. The van der Waals surface area contributed by atoms with E-state index >= 15 is 0 Å². The summed E-state index contributed by atoms with van der Waals surface area (Å²) in [6.07, 6.45) is 5.91. The zero-order chi connectivity index (χ0) is 14.5. The van der Waals surface area contributed by atoms with Gasteiger partial charge in [-0.2, -0.15) is 0 Å². The molecular formula is C17H19N3O. The number of hydrogen-bond donors (Lipinski definition) is 2. The first kappa shape index (κ1) is 13.8. The molecular weight excluding hydrogens is 262 g/mol. The molecule has 3 rings (SSSR count). The van der Waals surface area contributed by atoms with E-state index in [2.05, 4.69) is 51.4 Å². The predicted molar refractivity (Wildman–Crippen MR) is 84.1 cm³/mol. The Hall–Kier alpha value is -2.17. The van der Waals surface area contributed by atoms with Gasteiger partial charge in [0.25, 0.3) is 0 Å². The highest BCUT2D eigenvalue weighted by atomic mass is 16.3. The minimum atomic E-state index is 0.151. The molecule has 2 aromatic heterocycles. The molecule has 4 heteroatoms. The Morgan fingerprint density at radius 1 is 1.10 bits per heavy atom. The summed E-state index contributed by atoms with van der Waals surface area (Å²) in [5.74, 6) is 0. The van der Waals surface area contributed by atoms with Crippen molar-refractivity contribution in [2.45, 2.75) is 13.1 Å². The van der Waals surface area contributed by atoms with E-state index in [1.807, 2.05) is 18.5 Å². The molecule has 2 N–H and O–H groups in total. The average molecular weight is 281 g/mol. The van der Waals surface area contributed by atoms with Gasteiger partial charge in [0.2, 0.25) is 0 Å². The van der Waals surface area contributed by atoms with Crippen LogP contribution in [-0.4, -0.2) is 27.8 Å². The molecule has 0 saturated carbocycles. The van der Waals surface area contributed by atoms with Crippen LogP contribution in [0.4, 0.5) is 0 Å². The lowest BCUT2D eigenvalue weighted by Gasteiger charge is -2.07. The minimum absolute atomic E-state index is 0.151. The van der Waals surface area contributed by atoms with Crippen LogP contribution in [0.15, 0.2) is 55.0 Å². The van der Waals surface area contributed by atoms with E-state index in [0.29, 0.717) is 6.54 Å². The van der Waals surface area contributed by atoms with Crippen molar-refractivity contribution < 1.29 is 5.11 Å². The lowest BCUT2D eigenvalue weighted by Crippen LogP contribution is -2.17. The highest BCUT2D eigenvalue weighted by Crippen LogP contribution is 2.20. The number of nitrogens with zero attached hydrogens (tertiary/aromatic N) is 2. The van der Waals surface area contributed by atoms with Crippen LogP contribution in [-0.2, 0) is 13.1 Å². The minimum Gasteiger partial charge on any atom is -0.395 e. The van der Waals surface area contributed by atoms with Gasteiger partial charge in [-0.15, -0.1) is 0 Å². The van der Waals surface area contributed by atoms with Crippen molar-refractivity contribution in [2.24, 2.45) is 0 Å². The normalized spacial score (nSPS) is 11.1. The molecule has 1 aromatic carbocycles. The molecule has 0 aliphatic carbocycles. The van der Waals surface area contributed by atoms with Crippen LogP contribution in [0.2, 0.25) is 0 Å². The van der Waals surface area contributed by atoms with E-state index in [9.17, 15) is 0 Å². The lowest BCUT2D eigenvalue weighted by atomic mass is 10.2. The van der Waals surface area contributed by atoms with Crippen LogP contribution in [0, 0.1) is 0 Å². The smallest absolute Gasteiger partial charge is 0.0673 e. The SMILES string of the molecule is OCCNCc1cncc2c1ccn2Cc1ccccc1. The number of aromatic nitrogens is 2. The second-order valence-corrected chi connectivity index (χ2v) is 5.06. The fourth-order valence-electron chi connectivity index (χ4n) is 2.53. The Bertz CT molecular complexity index is 706. The molecule has 0 unspecified atom stereocenters. The monoisotopic (exact) mass is 281 g/mol. The van der Waals surface area contributed by atoms with Gasteiger partial charge in [0.1, 0.15) is 0 Å². The molecule has 21 heavy (non-hydrogen) atoms. The van der Waals surface area contributed by atoms with Crippen molar-refractivity contribution in [2.75, 3.05) is 13.2 Å². The zero-order valence-electron chi connectivity index (χ0n) is 11.9. The first-order valence-electron chi connectivity index (χ1n) is 7.15. The van der Waals surface area contributed by atoms with Crippen LogP contribution in [0.25, 0.3) is 10.9 Å². The summed E-state index contributed by atoms with van der Waals surface area (Å²) in [6.45, 7) is 2.32. The topological polar surface area (TPSA) is 50.1 Å². The average Bonchev–Trinajstić information content (AvgIpc) is 2.93. The molecule has 0 spiro atoms. The van der Waals surface area contributed by atoms with Crippen LogP contribution in [0.3, 0.4) is 0 Å². The van der Waals surface area contributed by atoms with E-state index in [-0.39, 0.29) is 6.61 Å². The molecule has 108 valence electrons. The molecule has 2 heterocycles. The highest BCUT2D eigenvalue weighted by molar-refractivity contribution is 5.82. The fraction of sp³-hybridized carbons (Fsp3) is 0.235. The molecule has 0 radical (unpaired) electrons. The van der Waals surface area contributed by atoms with Crippen LogP contribution < -0.4 is 5.32 Å². The van der Waals surface area contributed by atoms with Crippen molar-refractivity contribution >= 4 is 10.9 Å². The summed E-state index contributed by atoms with van der Waals surface area (Å²) >= 11 is 0. The second kappa shape index (κ2) is 6.52. The van der Waals surface area contributed by atoms with E-state index in [0.717, 1.165) is 24.2 Å². The van der Waals surface area contributed by atoms with Crippen molar-refractivity contribution in [3.8, 4) is 0 Å². The van der Waals surface area contributed by atoms with E-state index in [4.69, 9.17) is 5.11 Å². The Morgan fingerprint density at radius 3 is 2.76 bits per heavy atom. The van der Waals surface area contributed by atoms with Gasteiger partial charge in [-0.05, 0) is 17.2 Å². The number of pyridine rings is 1. The first-order valence-corrected chi connectivity index (χ1v) is 7.15. The number of aliphatic hydroxyl groups excluding tert-OH is 1. The summed E-state index contributed by atoms with van der Waals surface area (Å²) in [4.78, 5) is 4.34. The second-order valence-electron chi connectivity index (χ2n) is 5.06. The molecule has 0 aliphatic rings. The maximum Gasteiger partial charge on any atom is 0.0673 e. The Kier molecular flexibility index (Phi) is 4.28. The predicted octanol–water partition coefficient (Wildman–Crippen LogP) is 2.17. The van der Waals surface area contributed by atoms with Gasteiger partial charge in [0, 0.05) is 37.4 Å². The maximum atomic E-state index is 8.84. The quantitative estimate of drug-likeness (QED) is 0.681. The van der Waals surface area contributed by atoms with Gasteiger partial charge in [-0.1, -0.05) is 30.3 Å². The van der Waals surface area contributed by atoms with Crippen LogP contribution >= 0.6 is 0 Å². The number of hydrogen-bond acceptors (Lipinski definition) is 3. The standard InChI is InChI=1S/C17H19N3O/c21-9-7-18-10-15-11-19-12-17-16(15)6-8-20(17)13-14-4-2-1-3-5-14/h1-6,8,11-12,18,21H,7,9-10,13H2. The number of nitrogens with one attached hydrogen (secondary N) is 1. The number of aliphatic hydroxyl groups is 1. The van der Waals surface area contributed by atoms with Crippen molar-refractivity contribution in [3.05, 3.63) is 66.1 Å². The lowest BCUT2D eigenvalue weighted by molar-refractivity contribution is 0.292. The number of rotatable bonds is 6.